The van der Waals surface area contributed by atoms with Crippen molar-refractivity contribution >= 4 is 39.1 Å². The third-order valence-electron chi connectivity index (χ3n) is 2.82. The van der Waals surface area contributed by atoms with E-state index in [4.69, 9.17) is 11.6 Å². The van der Waals surface area contributed by atoms with E-state index in [1.807, 2.05) is 32.0 Å². The molecule has 2 rings (SSSR count). The third kappa shape index (κ3) is 3.37. The molecule has 0 aliphatic rings. The molecule has 1 amide bonds. The predicted molar refractivity (Wildman–Crippen MR) is 83.0 cm³/mol. The molecule has 2 nitrogen and oxygen atoms in total. The number of aryl methyl sites for hydroxylation is 2. The van der Waals surface area contributed by atoms with Crippen LogP contribution in [0.4, 0.5) is 5.69 Å². The predicted octanol–water partition coefficient (Wildman–Crippen LogP) is 4.97. The minimum atomic E-state index is -0.147. The van der Waals surface area contributed by atoms with Crippen molar-refractivity contribution in [2.24, 2.45) is 0 Å². The van der Waals surface area contributed by atoms with Gasteiger partial charge in [0.2, 0.25) is 0 Å². The van der Waals surface area contributed by atoms with Gasteiger partial charge in [0, 0.05) is 15.7 Å². The number of carbonyl (C=O) groups is 1. The molecule has 19 heavy (non-hydrogen) atoms. The second kappa shape index (κ2) is 5.76. The molecule has 0 bridgehead atoms. The van der Waals surface area contributed by atoms with Crippen LogP contribution in [0.2, 0.25) is 5.02 Å². The summed E-state index contributed by atoms with van der Waals surface area (Å²) >= 11 is 9.23. The van der Waals surface area contributed by atoms with Crippen molar-refractivity contribution in [2.75, 3.05) is 5.32 Å². The Morgan fingerprint density at radius 3 is 2.58 bits per heavy atom. The SMILES string of the molecule is Cc1ccc(C)c(NC(=O)c2ccc(Cl)c(Br)c2)c1. The highest BCUT2D eigenvalue weighted by atomic mass is 79.9. The van der Waals surface area contributed by atoms with Gasteiger partial charge in [-0.05, 0) is 65.2 Å². The lowest BCUT2D eigenvalue weighted by atomic mass is 10.1. The number of amides is 1. The van der Waals surface area contributed by atoms with Crippen LogP contribution in [0.5, 0.6) is 0 Å². The largest absolute Gasteiger partial charge is 0.322 e. The van der Waals surface area contributed by atoms with Gasteiger partial charge in [0.25, 0.3) is 5.91 Å². The van der Waals surface area contributed by atoms with Gasteiger partial charge < -0.3 is 5.32 Å². The summed E-state index contributed by atoms with van der Waals surface area (Å²) in [5, 5.41) is 3.50. The first kappa shape index (κ1) is 14.1. The highest BCUT2D eigenvalue weighted by Gasteiger charge is 2.09. The van der Waals surface area contributed by atoms with Gasteiger partial charge in [0.1, 0.15) is 0 Å². The van der Waals surface area contributed by atoms with Gasteiger partial charge in [-0.25, -0.2) is 0 Å². The summed E-state index contributed by atoms with van der Waals surface area (Å²) in [7, 11) is 0. The molecule has 0 saturated carbocycles. The summed E-state index contributed by atoms with van der Waals surface area (Å²) in [6.07, 6.45) is 0. The van der Waals surface area contributed by atoms with Crippen LogP contribution in [0, 0.1) is 13.8 Å². The van der Waals surface area contributed by atoms with Crippen LogP contribution in [-0.2, 0) is 0 Å². The molecule has 0 fully saturated rings. The maximum Gasteiger partial charge on any atom is 0.255 e. The highest BCUT2D eigenvalue weighted by molar-refractivity contribution is 9.10. The molecule has 0 aliphatic heterocycles. The summed E-state index contributed by atoms with van der Waals surface area (Å²) in [4.78, 5) is 12.2. The highest BCUT2D eigenvalue weighted by Crippen LogP contribution is 2.24. The quantitative estimate of drug-likeness (QED) is 0.823. The Labute approximate surface area is 125 Å². The number of anilines is 1. The van der Waals surface area contributed by atoms with Crippen molar-refractivity contribution in [3.05, 3.63) is 62.6 Å². The van der Waals surface area contributed by atoms with Crippen molar-refractivity contribution in [1.29, 1.82) is 0 Å². The topological polar surface area (TPSA) is 29.1 Å². The Bertz CT molecular complexity index is 640. The van der Waals surface area contributed by atoms with Crippen LogP contribution in [0.3, 0.4) is 0 Å². The molecule has 0 aromatic heterocycles. The van der Waals surface area contributed by atoms with E-state index in [9.17, 15) is 4.79 Å². The molecule has 2 aromatic rings. The molecule has 98 valence electrons. The van der Waals surface area contributed by atoms with Gasteiger partial charge in [-0.2, -0.15) is 0 Å². The number of hydrogen-bond acceptors (Lipinski definition) is 1. The minimum Gasteiger partial charge on any atom is -0.322 e. The third-order valence-corrected chi connectivity index (χ3v) is 4.04. The monoisotopic (exact) mass is 337 g/mol. The van der Waals surface area contributed by atoms with Crippen molar-refractivity contribution in [3.8, 4) is 0 Å². The molecule has 0 spiro atoms. The standard InChI is InChI=1S/C15H13BrClNO/c1-9-3-4-10(2)14(7-9)18-15(19)11-5-6-13(17)12(16)8-11/h3-8H,1-2H3,(H,18,19). The molecule has 0 unspecified atom stereocenters. The fourth-order valence-electron chi connectivity index (χ4n) is 1.70. The van der Waals surface area contributed by atoms with Crippen LogP contribution >= 0.6 is 27.5 Å². The Morgan fingerprint density at radius 2 is 1.89 bits per heavy atom. The van der Waals surface area contributed by atoms with Gasteiger partial charge in [-0.1, -0.05) is 23.7 Å². The summed E-state index contributed by atoms with van der Waals surface area (Å²) in [6.45, 7) is 3.96. The van der Waals surface area contributed by atoms with Gasteiger partial charge in [-0.3, -0.25) is 4.79 Å². The number of benzene rings is 2. The van der Waals surface area contributed by atoms with Gasteiger partial charge in [-0.15, -0.1) is 0 Å². The molecule has 0 radical (unpaired) electrons. The number of hydrogen-bond donors (Lipinski definition) is 1. The van der Waals surface area contributed by atoms with Gasteiger partial charge in [0.15, 0.2) is 0 Å². The Kier molecular flexibility index (Phi) is 4.27. The lowest BCUT2D eigenvalue weighted by Gasteiger charge is -2.10. The first-order chi connectivity index (χ1) is 8.97. The molecule has 2 aromatic carbocycles. The Balaban J connectivity index is 2.25. The van der Waals surface area contributed by atoms with E-state index in [1.165, 1.54) is 0 Å². The summed E-state index contributed by atoms with van der Waals surface area (Å²) < 4.78 is 0.711. The van der Waals surface area contributed by atoms with E-state index in [-0.39, 0.29) is 5.91 Å². The van der Waals surface area contributed by atoms with Crippen LogP contribution < -0.4 is 5.32 Å². The molecular formula is C15H13BrClNO. The number of carbonyl (C=O) groups excluding carboxylic acids is 1. The first-order valence-electron chi connectivity index (χ1n) is 5.81. The number of nitrogens with one attached hydrogen (secondary N) is 1. The van der Waals surface area contributed by atoms with E-state index < -0.39 is 0 Å². The summed E-state index contributed by atoms with van der Waals surface area (Å²) in [6, 6.07) is 11.1. The van der Waals surface area contributed by atoms with Crippen molar-refractivity contribution in [1.82, 2.24) is 0 Å². The summed E-state index contributed by atoms with van der Waals surface area (Å²) in [5.74, 6) is -0.147. The average Bonchev–Trinajstić information content (AvgIpc) is 2.37. The maximum absolute atomic E-state index is 12.2. The van der Waals surface area contributed by atoms with E-state index in [2.05, 4.69) is 21.2 Å². The van der Waals surface area contributed by atoms with Crippen molar-refractivity contribution in [2.45, 2.75) is 13.8 Å². The molecule has 1 N–H and O–H groups in total. The first-order valence-corrected chi connectivity index (χ1v) is 6.98. The molecule has 0 atom stereocenters. The lowest BCUT2D eigenvalue weighted by Crippen LogP contribution is -2.12. The molecular weight excluding hydrogens is 326 g/mol. The molecule has 0 aliphatic carbocycles. The molecule has 0 heterocycles. The van der Waals surface area contributed by atoms with Gasteiger partial charge >= 0.3 is 0 Å². The molecule has 0 saturated heterocycles. The van der Waals surface area contributed by atoms with E-state index >= 15 is 0 Å². The Morgan fingerprint density at radius 1 is 1.16 bits per heavy atom. The maximum atomic E-state index is 12.2. The van der Waals surface area contributed by atoms with Crippen molar-refractivity contribution in [3.63, 3.8) is 0 Å². The smallest absolute Gasteiger partial charge is 0.255 e. The Hall–Kier alpha value is -1.32. The summed E-state index contributed by atoms with van der Waals surface area (Å²) in [5.41, 5.74) is 3.54. The van der Waals surface area contributed by atoms with E-state index in [0.29, 0.717) is 15.1 Å². The average molecular weight is 339 g/mol. The number of rotatable bonds is 2. The van der Waals surface area contributed by atoms with Crippen LogP contribution in [-0.4, -0.2) is 5.91 Å². The van der Waals surface area contributed by atoms with E-state index in [1.54, 1.807) is 18.2 Å². The molecule has 4 heteroatoms. The number of halogens is 2. The fraction of sp³-hybridized carbons (Fsp3) is 0.133. The second-order valence-electron chi connectivity index (χ2n) is 4.40. The minimum absolute atomic E-state index is 0.147. The van der Waals surface area contributed by atoms with Crippen LogP contribution in [0.25, 0.3) is 0 Å². The lowest BCUT2D eigenvalue weighted by molar-refractivity contribution is 0.102. The van der Waals surface area contributed by atoms with Crippen LogP contribution in [0.15, 0.2) is 40.9 Å². The van der Waals surface area contributed by atoms with Crippen molar-refractivity contribution < 1.29 is 4.79 Å². The van der Waals surface area contributed by atoms with Crippen LogP contribution in [0.1, 0.15) is 21.5 Å². The second-order valence-corrected chi connectivity index (χ2v) is 5.66. The normalized spacial score (nSPS) is 10.3. The zero-order chi connectivity index (χ0) is 14.0. The zero-order valence-electron chi connectivity index (χ0n) is 10.6. The zero-order valence-corrected chi connectivity index (χ0v) is 13.0. The van der Waals surface area contributed by atoms with Gasteiger partial charge in [0.05, 0.1) is 5.02 Å². The fourth-order valence-corrected chi connectivity index (χ4v) is 2.20. The van der Waals surface area contributed by atoms with E-state index in [0.717, 1.165) is 16.8 Å².